The van der Waals surface area contributed by atoms with Crippen molar-refractivity contribution in [3.05, 3.63) is 38.3 Å². The lowest BCUT2D eigenvalue weighted by atomic mass is 9.94. The molecular formula is C14H18ClN3S. The predicted molar refractivity (Wildman–Crippen MR) is 79.8 cm³/mol. The van der Waals surface area contributed by atoms with Crippen LogP contribution in [0, 0.1) is 6.92 Å². The molecule has 3 rings (SSSR count). The summed E-state index contributed by atoms with van der Waals surface area (Å²) in [4.78, 5) is 1.54. The number of hydrogen-bond acceptors (Lipinski definition) is 3. The minimum Gasteiger partial charge on any atom is -0.304 e. The second-order valence-corrected chi connectivity index (χ2v) is 6.47. The topological polar surface area (TPSA) is 29.9 Å². The zero-order valence-electron chi connectivity index (χ0n) is 11.2. The first kappa shape index (κ1) is 13.2. The van der Waals surface area contributed by atoms with Crippen molar-refractivity contribution >= 4 is 22.9 Å². The standard InChI is InChI=1S/C14H18ClN3S/c1-9-14(15)12(18(2)17-9)8-16-11-4-3-5-13-10(11)6-7-19-13/h6-7,11,16H,3-5,8H2,1-2H3. The van der Waals surface area contributed by atoms with Gasteiger partial charge in [0.2, 0.25) is 0 Å². The Morgan fingerprint density at radius 1 is 1.58 bits per heavy atom. The van der Waals surface area contributed by atoms with E-state index in [0.717, 1.165) is 23.0 Å². The average Bonchev–Trinajstić information content (AvgIpc) is 2.95. The lowest BCUT2D eigenvalue weighted by Crippen LogP contribution is -2.25. The fourth-order valence-electron chi connectivity index (χ4n) is 2.79. The third-order valence-corrected chi connectivity index (χ3v) is 5.32. The Balaban J connectivity index is 1.74. The van der Waals surface area contributed by atoms with Gasteiger partial charge in [-0.25, -0.2) is 0 Å². The van der Waals surface area contributed by atoms with Gasteiger partial charge in [0.05, 0.1) is 16.4 Å². The summed E-state index contributed by atoms with van der Waals surface area (Å²) in [6.45, 7) is 2.72. The molecule has 19 heavy (non-hydrogen) atoms. The van der Waals surface area contributed by atoms with Crippen LogP contribution in [0.5, 0.6) is 0 Å². The van der Waals surface area contributed by atoms with Gasteiger partial charge < -0.3 is 5.32 Å². The van der Waals surface area contributed by atoms with Crippen molar-refractivity contribution < 1.29 is 0 Å². The highest BCUT2D eigenvalue weighted by atomic mass is 35.5. The van der Waals surface area contributed by atoms with Crippen LogP contribution in [0.4, 0.5) is 0 Å². The number of nitrogens with zero attached hydrogens (tertiary/aromatic N) is 2. The van der Waals surface area contributed by atoms with E-state index >= 15 is 0 Å². The van der Waals surface area contributed by atoms with E-state index in [1.165, 1.54) is 29.7 Å². The Morgan fingerprint density at radius 2 is 2.42 bits per heavy atom. The van der Waals surface area contributed by atoms with E-state index in [1.54, 1.807) is 0 Å². The molecule has 1 unspecified atom stereocenters. The summed E-state index contributed by atoms with van der Waals surface area (Å²) in [5, 5.41) is 11.0. The molecule has 2 aromatic rings. The number of halogens is 1. The molecule has 0 fully saturated rings. The van der Waals surface area contributed by atoms with Gasteiger partial charge in [-0.05, 0) is 43.2 Å². The Labute approximate surface area is 122 Å². The normalized spacial score (nSPS) is 18.6. The lowest BCUT2D eigenvalue weighted by molar-refractivity contribution is 0.454. The van der Waals surface area contributed by atoms with E-state index in [0.29, 0.717) is 6.04 Å². The Bertz CT molecular complexity index is 588. The van der Waals surface area contributed by atoms with E-state index < -0.39 is 0 Å². The van der Waals surface area contributed by atoms with E-state index in [2.05, 4.69) is 21.9 Å². The van der Waals surface area contributed by atoms with E-state index in [9.17, 15) is 0 Å². The van der Waals surface area contributed by atoms with Crippen molar-refractivity contribution in [3.63, 3.8) is 0 Å². The van der Waals surface area contributed by atoms with Crippen LogP contribution in [0.2, 0.25) is 5.02 Å². The van der Waals surface area contributed by atoms with Crippen LogP contribution >= 0.6 is 22.9 Å². The number of fused-ring (bicyclic) bond motifs is 1. The molecule has 5 heteroatoms. The van der Waals surface area contributed by atoms with Gasteiger partial charge in [0.25, 0.3) is 0 Å². The van der Waals surface area contributed by atoms with Gasteiger partial charge in [0, 0.05) is 24.5 Å². The first-order chi connectivity index (χ1) is 9.16. The van der Waals surface area contributed by atoms with Crippen molar-refractivity contribution in [2.24, 2.45) is 7.05 Å². The summed E-state index contributed by atoms with van der Waals surface area (Å²) in [6.07, 6.45) is 3.71. The quantitative estimate of drug-likeness (QED) is 0.937. The van der Waals surface area contributed by atoms with Gasteiger partial charge in [-0.2, -0.15) is 5.10 Å². The van der Waals surface area contributed by atoms with Crippen molar-refractivity contribution in [1.82, 2.24) is 15.1 Å². The SMILES string of the molecule is Cc1nn(C)c(CNC2CCCc3sccc32)c1Cl. The Hall–Kier alpha value is -0.840. The van der Waals surface area contributed by atoms with Crippen LogP contribution in [-0.4, -0.2) is 9.78 Å². The van der Waals surface area contributed by atoms with E-state index in [1.807, 2.05) is 30.0 Å². The Kier molecular flexibility index (Phi) is 3.65. The lowest BCUT2D eigenvalue weighted by Gasteiger charge is -2.23. The minimum absolute atomic E-state index is 0.460. The van der Waals surface area contributed by atoms with Crippen molar-refractivity contribution in [2.45, 2.75) is 38.8 Å². The molecule has 0 saturated carbocycles. The highest BCUT2D eigenvalue weighted by Crippen LogP contribution is 2.33. The summed E-state index contributed by atoms with van der Waals surface area (Å²) in [5.74, 6) is 0. The first-order valence-corrected chi connectivity index (χ1v) is 7.90. The van der Waals surface area contributed by atoms with Crippen LogP contribution in [0.25, 0.3) is 0 Å². The molecule has 0 amide bonds. The molecule has 0 bridgehead atoms. The number of thiophene rings is 1. The highest BCUT2D eigenvalue weighted by Gasteiger charge is 2.21. The maximum Gasteiger partial charge on any atom is 0.0860 e. The maximum absolute atomic E-state index is 6.29. The predicted octanol–water partition coefficient (Wildman–Crippen LogP) is 3.61. The molecule has 1 aliphatic carbocycles. The van der Waals surface area contributed by atoms with Gasteiger partial charge in [0.1, 0.15) is 0 Å². The van der Waals surface area contributed by atoms with Gasteiger partial charge in [0.15, 0.2) is 0 Å². The molecule has 2 heterocycles. The van der Waals surface area contributed by atoms with Crippen LogP contribution in [0.1, 0.15) is 40.7 Å². The third-order valence-electron chi connectivity index (χ3n) is 3.83. The van der Waals surface area contributed by atoms with Crippen molar-refractivity contribution in [2.75, 3.05) is 0 Å². The molecule has 1 atom stereocenters. The second-order valence-electron chi connectivity index (χ2n) is 5.09. The zero-order valence-corrected chi connectivity index (χ0v) is 12.8. The molecule has 3 nitrogen and oxygen atoms in total. The zero-order chi connectivity index (χ0) is 13.4. The summed E-state index contributed by atoms with van der Waals surface area (Å²) < 4.78 is 1.88. The molecule has 1 N–H and O–H groups in total. The van der Waals surface area contributed by atoms with Gasteiger partial charge in [-0.1, -0.05) is 11.6 Å². The fraction of sp³-hybridized carbons (Fsp3) is 0.500. The van der Waals surface area contributed by atoms with Crippen molar-refractivity contribution in [3.8, 4) is 0 Å². The van der Waals surface area contributed by atoms with E-state index in [4.69, 9.17) is 11.6 Å². The highest BCUT2D eigenvalue weighted by molar-refractivity contribution is 7.10. The van der Waals surface area contributed by atoms with Gasteiger partial charge >= 0.3 is 0 Å². The first-order valence-electron chi connectivity index (χ1n) is 6.64. The summed E-state index contributed by atoms with van der Waals surface area (Å²) in [6, 6.07) is 2.72. The largest absolute Gasteiger partial charge is 0.304 e. The summed E-state index contributed by atoms with van der Waals surface area (Å²) in [5.41, 5.74) is 3.45. The smallest absolute Gasteiger partial charge is 0.0860 e. The number of hydrogen-bond donors (Lipinski definition) is 1. The Morgan fingerprint density at radius 3 is 3.16 bits per heavy atom. The fourth-order valence-corrected chi connectivity index (χ4v) is 4.00. The van der Waals surface area contributed by atoms with Crippen LogP contribution in [-0.2, 0) is 20.0 Å². The van der Waals surface area contributed by atoms with Crippen molar-refractivity contribution in [1.29, 1.82) is 0 Å². The van der Waals surface area contributed by atoms with Crippen LogP contribution in [0.15, 0.2) is 11.4 Å². The van der Waals surface area contributed by atoms with Gasteiger partial charge in [-0.15, -0.1) is 11.3 Å². The number of aromatic nitrogens is 2. The number of aryl methyl sites for hydroxylation is 3. The van der Waals surface area contributed by atoms with Crippen LogP contribution in [0.3, 0.4) is 0 Å². The van der Waals surface area contributed by atoms with E-state index in [-0.39, 0.29) is 0 Å². The average molecular weight is 296 g/mol. The molecule has 0 radical (unpaired) electrons. The monoisotopic (exact) mass is 295 g/mol. The summed E-state index contributed by atoms with van der Waals surface area (Å²) in [7, 11) is 1.95. The molecular weight excluding hydrogens is 278 g/mol. The minimum atomic E-state index is 0.460. The number of rotatable bonds is 3. The second kappa shape index (κ2) is 5.27. The van der Waals surface area contributed by atoms with Crippen LogP contribution < -0.4 is 5.32 Å². The molecule has 1 aliphatic rings. The summed E-state index contributed by atoms with van der Waals surface area (Å²) >= 11 is 8.17. The molecule has 102 valence electrons. The molecule has 2 aromatic heterocycles. The molecule has 0 aliphatic heterocycles. The molecule has 0 aromatic carbocycles. The molecule has 0 spiro atoms. The third kappa shape index (κ3) is 2.45. The number of nitrogens with one attached hydrogen (secondary N) is 1. The molecule has 0 saturated heterocycles. The maximum atomic E-state index is 6.29. The van der Waals surface area contributed by atoms with Gasteiger partial charge in [-0.3, -0.25) is 4.68 Å².